The fourth-order valence-corrected chi connectivity index (χ4v) is 1.60. The van der Waals surface area contributed by atoms with E-state index in [4.69, 9.17) is 5.73 Å². The van der Waals surface area contributed by atoms with Crippen LogP contribution in [0.15, 0.2) is 6.07 Å². The Labute approximate surface area is 92.1 Å². The average molecular weight is 207 g/mol. The molecule has 0 unspecified atom stereocenters. The van der Waals surface area contributed by atoms with Crippen LogP contribution in [-0.2, 0) is 12.0 Å². The van der Waals surface area contributed by atoms with Crippen molar-refractivity contribution in [2.24, 2.45) is 5.73 Å². The van der Waals surface area contributed by atoms with Gasteiger partial charge in [0.05, 0.1) is 5.54 Å². The Morgan fingerprint density at radius 2 is 1.80 bits per heavy atom. The molecular formula is C12H21N3. The van der Waals surface area contributed by atoms with Crippen LogP contribution >= 0.6 is 0 Å². The monoisotopic (exact) mass is 207 g/mol. The quantitative estimate of drug-likeness (QED) is 0.824. The van der Waals surface area contributed by atoms with Gasteiger partial charge in [-0.15, -0.1) is 0 Å². The third-order valence-electron chi connectivity index (χ3n) is 2.98. The lowest BCUT2D eigenvalue weighted by Gasteiger charge is -2.25. The van der Waals surface area contributed by atoms with E-state index < -0.39 is 0 Å². The van der Waals surface area contributed by atoms with E-state index in [2.05, 4.69) is 30.7 Å². The zero-order chi connectivity index (χ0) is 11.5. The minimum Gasteiger partial charge on any atom is -0.319 e. The molecule has 1 rings (SSSR count). The molecule has 2 N–H and O–H groups in total. The molecule has 0 aliphatic rings. The van der Waals surface area contributed by atoms with Crippen LogP contribution < -0.4 is 5.73 Å². The molecule has 0 bridgehead atoms. The normalized spacial score (nSPS) is 11.8. The van der Waals surface area contributed by atoms with E-state index in [-0.39, 0.29) is 5.54 Å². The molecule has 0 atom stereocenters. The Balaban J connectivity index is 3.18. The van der Waals surface area contributed by atoms with E-state index in [0.717, 1.165) is 36.5 Å². The van der Waals surface area contributed by atoms with Crippen molar-refractivity contribution in [1.82, 2.24) is 9.97 Å². The van der Waals surface area contributed by atoms with Gasteiger partial charge in [0.2, 0.25) is 0 Å². The lowest BCUT2D eigenvalue weighted by molar-refractivity contribution is 0.385. The van der Waals surface area contributed by atoms with Crippen LogP contribution in [0.25, 0.3) is 0 Å². The maximum absolute atomic E-state index is 6.29. The zero-order valence-electron chi connectivity index (χ0n) is 10.2. The third-order valence-corrected chi connectivity index (χ3v) is 2.98. The molecule has 3 heteroatoms. The fraction of sp³-hybridized carbons (Fsp3) is 0.667. The summed E-state index contributed by atoms with van der Waals surface area (Å²) < 4.78 is 0. The molecule has 0 aromatic carbocycles. The predicted molar refractivity (Wildman–Crippen MR) is 62.6 cm³/mol. The Kier molecular flexibility index (Phi) is 3.80. The van der Waals surface area contributed by atoms with Crippen molar-refractivity contribution in [1.29, 1.82) is 0 Å². The van der Waals surface area contributed by atoms with Crippen LogP contribution in [0.4, 0.5) is 0 Å². The smallest absolute Gasteiger partial charge is 0.148 e. The first-order valence-corrected chi connectivity index (χ1v) is 5.69. The van der Waals surface area contributed by atoms with Gasteiger partial charge in [-0.05, 0) is 32.3 Å². The van der Waals surface area contributed by atoms with Crippen LogP contribution in [0, 0.1) is 6.92 Å². The molecule has 15 heavy (non-hydrogen) atoms. The summed E-state index contributed by atoms with van der Waals surface area (Å²) in [6, 6.07) is 2.02. The Morgan fingerprint density at radius 1 is 1.20 bits per heavy atom. The number of nitrogens with zero attached hydrogens (tertiary/aromatic N) is 2. The van der Waals surface area contributed by atoms with Gasteiger partial charge < -0.3 is 5.73 Å². The molecule has 3 nitrogen and oxygen atoms in total. The van der Waals surface area contributed by atoms with Crippen molar-refractivity contribution in [3.63, 3.8) is 0 Å². The van der Waals surface area contributed by atoms with E-state index in [1.165, 1.54) is 0 Å². The maximum atomic E-state index is 6.29. The molecule has 0 amide bonds. The largest absolute Gasteiger partial charge is 0.319 e. The van der Waals surface area contributed by atoms with Crippen molar-refractivity contribution >= 4 is 0 Å². The lowest BCUT2D eigenvalue weighted by atomic mass is 9.93. The van der Waals surface area contributed by atoms with Crippen molar-refractivity contribution in [3.8, 4) is 0 Å². The number of hydrogen-bond donors (Lipinski definition) is 1. The summed E-state index contributed by atoms with van der Waals surface area (Å²) in [6.07, 6.45) is 2.67. The molecule has 0 spiro atoms. The van der Waals surface area contributed by atoms with E-state index in [9.17, 15) is 0 Å². The second-order valence-corrected chi connectivity index (χ2v) is 4.04. The highest BCUT2D eigenvalue weighted by Gasteiger charge is 2.26. The topological polar surface area (TPSA) is 51.8 Å². The average Bonchev–Trinajstić information content (AvgIpc) is 2.27. The van der Waals surface area contributed by atoms with Gasteiger partial charge in [0.25, 0.3) is 0 Å². The summed E-state index contributed by atoms with van der Waals surface area (Å²) in [5.41, 5.74) is 8.01. The SMILES string of the molecule is CCc1cc(C)nc(C(N)(CC)CC)n1. The minimum atomic E-state index is -0.365. The van der Waals surface area contributed by atoms with Crippen molar-refractivity contribution < 1.29 is 0 Å². The fourth-order valence-electron chi connectivity index (χ4n) is 1.60. The lowest BCUT2D eigenvalue weighted by Crippen LogP contribution is -2.37. The van der Waals surface area contributed by atoms with Gasteiger partial charge in [0, 0.05) is 11.4 Å². The summed E-state index contributed by atoms with van der Waals surface area (Å²) in [6.45, 7) is 8.26. The first kappa shape index (κ1) is 12.1. The Hall–Kier alpha value is -0.960. The third kappa shape index (κ3) is 2.53. The number of rotatable bonds is 4. The van der Waals surface area contributed by atoms with Crippen LogP contribution in [0.2, 0.25) is 0 Å². The minimum absolute atomic E-state index is 0.365. The summed E-state index contributed by atoms with van der Waals surface area (Å²) in [5.74, 6) is 0.796. The van der Waals surface area contributed by atoms with Gasteiger partial charge in [-0.2, -0.15) is 0 Å². The highest BCUT2D eigenvalue weighted by molar-refractivity contribution is 5.14. The van der Waals surface area contributed by atoms with Crippen molar-refractivity contribution in [3.05, 3.63) is 23.3 Å². The van der Waals surface area contributed by atoms with Crippen molar-refractivity contribution in [2.75, 3.05) is 0 Å². The first-order chi connectivity index (χ1) is 7.05. The van der Waals surface area contributed by atoms with E-state index in [1.54, 1.807) is 0 Å². The molecule has 0 saturated carbocycles. The predicted octanol–water partition coefficient (Wildman–Crippen LogP) is 2.32. The van der Waals surface area contributed by atoms with Crippen LogP contribution in [0.5, 0.6) is 0 Å². The molecule has 1 aromatic rings. The van der Waals surface area contributed by atoms with E-state index >= 15 is 0 Å². The molecule has 1 heterocycles. The molecule has 0 radical (unpaired) electrons. The van der Waals surface area contributed by atoms with Gasteiger partial charge in [-0.1, -0.05) is 20.8 Å². The molecule has 0 fully saturated rings. The Morgan fingerprint density at radius 3 is 2.27 bits per heavy atom. The van der Waals surface area contributed by atoms with Gasteiger partial charge in [0.1, 0.15) is 5.82 Å². The van der Waals surface area contributed by atoms with Crippen LogP contribution in [-0.4, -0.2) is 9.97 Å². The standard InChI is InChI=1S/C12H21N3/c1-5-10-8-9(4)14-11(15-10)12(13,6-2)7-3/h8H,5-7,13H2,1-4H3. The second kappa shape index (κ2) is 4.71. The second-order valence-electron chi connectivity index (χ2n) is 4.04. The summed E-state index contributed by atoms with van der Waals surface area (Å²) >= 11 is 0. The van der Waals surface area contributed by atoms with Gasteiger partial charge in [-0.3, -0.25) is 0 Å². The number of hydrogen-bond acceptors (Lipinski definition) is 3. The number of aryl methyl sites for hydroxylation is 2. The van der Waals surface area contributed by atoms with E-state index in [0.29, 0.717) is 0 Å². The van der Waals surface area contributed by atoms with Gasteiger partial charge in [0.15, 0.2) is 0 Å². The number of nitrogens with two attached hydrogens (primary N) is 1. The molecule has 1 aromatic heterocycles. The number of aromatic nitrogens is 2. The van der Waals surface area contributed by atoms with Gasteiger partial charge in [-0.25, -0.2) is 9.97 Å². The highest BCUT2D eigenvalue weighted by Crippen LogP contribution is 2.22. The van der Waals surface area contributed by atoms with Crippen LogP contribution in [0.1, 0.15) is 50.8 Å². The van der Waals surface area contributed by atoms with E-state index in [1.807, 2.05) is 13.0 Å². The zero-order valence-corrected chi connectivity index (χ0v) is 10.2. The highest BCUT2D eigenvalue weighted by atomic mass is 15.0. The summed E-state index contributed by atoms with van der Waals surface area (Å²) in [5, 5.41) is 0. The summed E-state index contributed by atoms with van der Waals surface area (Å²) in [7, 11) is 0. The Bertz CT molecular complexity index is 330. The molecular weight excluding hydrogens is 186 g/mol. The molecule has 0 saturated heterocycles. The van der Waals surface area contributed by atoms with Crippen LogP contribution in [0.3, 0.4) is 0 Å². The maximum Gasteiger partial charge on any atom is 0.148 e. The van der Waals surface area contributed by atoms with Gasteiger partial charge >= 0.3 is 0 Å². The first-order valence-electron chi connectivity index (χ1n) is 5.69. The molecule has 0 aliphatic carbocycles. The molecule has 84 valence electrons. The summed E-state index contributed by atoms with van der Waals surface area (Å²) in [4.78, 5) is 8.99. The molecule has 0 aliphatic heterocycles. The van der Waals surface area contributed by atoms with Crippen molar-refractivity contribution in [2.45, 2.75) is 52.5 Å².